The minimum atomic E-state index is -0.482. The zero-order valence-corrected chi connectivity index (χ0v) is 9.65. The summed E-state index contributed by atoms with van der Waals surface area (Å²) in [4.78, 5) is 25.1. The summed E-state index contributed by atoms with van der Waals surface area (Å²) in [5.74, 6) is -0.322. The number of carbonyl (C=O) groups is 2. The Kier molecular flexibility index (Phi) is 3.80. The van der Waals surface area contributed by atoms with Crippen molar-refractivity contribution in [1.82, 2.24) is 10.2 Å². The SMILES string of the molecule is O=C(NC(=O)N1CCCCCC1)c1ccco1. The maximum atomic E-state index is 11.8. The fraction of sp³-hybridized carbons (Fsp3) is 0.500. The van der Waals surface area contributed by atoms with Gasteiger partial charge in [-0.25, -0.2) is 4.79 Å². The highest BCUT2D eigenvalue weighted by atomic mass is 16.3. The summed E-state index contributed by atoms with van der Waals surface area (Å²) in [5.41, 5.74) is 0. The molecule has 5 nitrogen and oxygen atoms in total. The number of urea groups is 1. The Morgan fingerprint density at radius 3 is 2.47 bits per heavy atom. The van der Waals surface area contributed by atoms with Crippen LogP contribution in [0.25, 0.3) is 0 Å². The van der Waals surface area contributed by atoms with Crippen molar-refractivity contribution in [1.29, 1.82) is 0 Å². The van der Waals surface area contributed by atoms with Gasteiger partial charge in [-0.15, -0.1) is 0 Å². The number of carbonyl (C=O) groups excluding carboxylic acids is 2. The predicted molar refractivity (Wildman–Crippen MR) is 61.6 cm³/mol. The highest BCUT2D eigenvalue weighted by molar-refractivity contribution is 6.02. The molecule has 1 aromatic rings. The van der Waals surface area contributed by atoms with Gasteiger partial charge in [-0.2, -0.15) is 0 Å². The zero-order valence-electron chi connectivity index (χ0n) is 9.65. The number of hydrogen-bond donors (Lipinski definition) is 1. The highest BCUT2D eigenvalue weighted by Gasteiger charge is 2.19. The molecule has 1 N–H and O–H groups in total. The Hall–Kier alpha value is -1.78. The number of furan rings is 1. The molecule has 0 spiro atoms. The number of nitrogens with one attached hydrogen (secondary N) is 1. The maximum absolute atomic E-state index is 11.8. The minimum Gasteiger partial charge on any atom is -0.459 e. The molecule has 5 heteroatoms. The summed E-state index contributed by atoms with van der Waals surface area (Å²) in [6.45, 7) is 1.44. The monoisotopic (exact) mass is 236 g/mol. The first-order chi connectivity index (χ1) is 8.27. The number of imide groups is 1. The number of hydrogen-bond acceptors (Lipinski definition) is 3. The van der Waals surface area contributed by atoms with Crippen LogP contribution in [-0.4, -0.2) is 29.9 Å². The second-order valence-electron chi connectivity index (χ2n) is 4.14. The normalized spacial score (nSPS) is 16.4. The van der Waals surface area contributed by atoms with E-state index in [9.17, 15) is 9.59 Å². The van der Waals surface area contributed by atoms with Crippen molar-refractivity contribution in [3.63, 3.8) is 0 Å². The Balaban J connectivity index is 1.89. The van der Waals surface area contributed by atoms with E-state index < -0.39 is 5.91 Å². The molecule has 3 amide bonds. The summed E-state index contributed by atoms with van der Waals surface area (Å²) < 4.78 is 4.93. The molecule has 92 valence electrons. The molecule has 1 aliphatic heterocycles. The van der Waals surface area contributed by atoms with Gasteiger partial charge in [-0.3, -0.25) is 10.1 Å². The number of amides is 3. The molecule has 0 aromatic carbocycles. The maximum Gasteiger partial charge on any atom is 0.324 e. The van der Waals surface area contributed by atoms with Crippen LogP contribution in [0.15, 0.2) is 22.8 Å². The second kappa shape index (κ2) is 5.52. The van der Waals surface area contributed by atoms with Gasteiger partial charge >= 0.3 is 6.03 Å². The third-order valence-electron chi connectivity index (χ3n) is 2.86. The quantitative estimate of drug-likeness (QED) is 0.811. The first kappa shape index (κ1) is 11.7. The van der Waals surface area contributed by atoms with E-state index in [-0.39, 0.29) is 11.8 Å². The van der Waals surface area contributed by atoms with Crippen LogP contribution >= 0.6 is 0 Å². The molecule has 0 unspecified atom stereocenters. The van der Waals surface area contributed by atoms with Crippen LogP contribution in [-0.2, 0) is 0 Å². The summed E-state index contributed by atoms with van der Waals surface area (Å²) in [5, 5.41) is 2.33. The zero-order chi connectivity index (χ0) is 12.1. The van der Waals surface area contributed by atoms with Crippen LogP contribution in [0.4, 0.5) is 4.79 Å². The molecule has 1 fully saturated rings. The largest absolute Gasteiger partial charge is 0.459 e. The van der Waals surface area contributed by atoms with E-state index in [1.165, 1.54) is 12.3 Å². The van der Waals surface area contributed by atoms with Gasteiger partial charge < -0.3 is 9.32 Å². The standard InChI is InChI=1S/C12H16N2O3/c15-11(10-6-5-9-17-10)13-12(16)14-7-3-1-2-4-8-14/h5-6,9H,1-4,7-8H2,(H,13,15,16). The molecule has 0 saturated carbocycles. The third kappa shape index (κ3) is 3.09. The first-order valence-corrected chi connectivity index (χ1v) is 5.91. The summed E-state index contributed by atoms with van der Waals surface area (Å²) in [7, 11) is 0. The van der Waals surface area contributed by atoms with Gasteiger partial charge in [0.25, 0.3) is 5.91 Å². The van der Waals surface area contributed by atoms with E-state index in [0.717, 1.165) is 38.8 Å². The topological polar surface area (TPSA) is 62.6 Å². The molecule has 0 bridgehead atoms. The van der Waals surface area contributed by atoms with Crippen molar-refractivity contribution in [3.05, 3.63) is 24.2 Å². The fourth-order valence-electron chi connectivity index (χ4n) is 1.92. The average Bonchev–Trinajstić information content (AvgIpc) is 2.71. The second-order valence-corrected chi connectivity index (χ2v) is 4.14. The van der Waals surface area contributed by atoms with Crippen molar-refractivity contribution in [2.45, 2.75) is 25.7 Å². The molecule has 0 aliphatic carbocycles. The van der Waals surface area contributed by atoms with E-state index in [1.54, 1.807) is 11.0 Å². The van der Waals surface area contributed by atoms with Gasteiger partial charge in [0.2, 0.25) is 0 Å². The number of likely N-dealkylation sites (tertiary alicyclic amines) is 1. The summed E-state index contributed by atoms with van der Waals surface area (Å²) in [6, 6.07) is 2.82. The molecular formula is C12H16N2O3. The average molecular weight is 236 g/mol. The molecule has 1 saturated heterocycles. The third-order valence-corrected chi connectivity index (χ3v) is 2.86. The van der Waals surface area contributed by atoms with Gasteiger partial charge in [0.15, 0.2) is 5.76 Å². The van der Waals surface area contributed by atoms with Crippen molar-refractivity contribution in [3.8, 4) is 0 Å². The van der Waals surface area contributed by atoms with Crippen molar-refractivity contribution in [2.75, 3.05) is 13.1 Å². The fourth-order valence-corrected chi connectivity index (χ4v) is 1.92. The summed E-state index contributed by atoms with van der Waals surface area (Å²) >= 11 is 0. The molecule has 2 heterocycles. The van der Waals surface area contributed by atoms with Crippen LogP contribution in [0.2, 0.25) is 0 Å². The van der Waals surface area contributed by atoms with E-state index in [4.69, 9.17) is 4.42 Å². The van der Waals surface area contributed by atoms with Crippen molar-refractivity contribution >= 4 is 11.9 Å². The Labute approximate surface area is 99.8 Å². The predicted octanol–water partition coefficient (Wildman–Crippen LogP) is 2.01. The van der Waals surface area contributed by atoms with E-state index >= 15 is 0 Å². The van der Waals surface area contributed by atoms with Crippen molar-refractivity contribution in [2.24, 2.45) is 0 Å². The molecule has 2 rings (SSSR count). The lowest BCUT2D eigenvalue weighted by Gasteiger charge is -2.19. The van der Waals surface area contributed by atoms with Gasteiger partial charge in [0.1, 0.15) is 0 Å². The van der Waals surface area contributed by atoms with E-state index in [1.807, 2.05) is 0 Å². The van der Waals surface area contributed by atoms with Crippen LogP contribution in [0.3, 0.4) is 0 Å². The Bertz CT molecular complexity index is 378. The Morgan fingerprint density at radius 2 is 1.88 bits per heavy atom. The van der Waals surface area contributed by atoms with Crippen LogP contribution in [0, 0.1) is 0 Å². The van der Waals surface area contributed by atoms with E-state index in [0.29, 0.717) is 0 Å². The van der Waals surface area contributed by atoms with Gasteiger partial charge in [0, 0.05) is 13.1 Å². The lowest BCUT2D eigenvalue weighted by molar-refractivity contribution is 0.0925. The summed E-state index contributed by atoms with van der Waals surface area (Å²) in [6.07, 6.45) is 5.71. The van der Waals surface area contributed by atoms with E-state index in [2.05, 4.69) is 5.32 Å². The molecule has 0 atom stereocenters. The Morgan fingerprint density at radius 1 is 1.18 bits per heavy atom. The van der Waals surface area contributed by atoms with Gasteiger partial charge in [-0.05, 0) is 25.0 Å². The van der Waals surface area contributed by atoms with Crippen LogP contribution in [0.1, 0.15) is 36.2 Å². The minimum absolute atomic E-state index is 0.160. The number of rotatable bonds is 1. The van der Waals surface area contributed by atoms with Gasteiger partial charge in [0.05, 0.1) is 6.26 Å². The van der Waals surface area contributed by atoms with Crippen LogP contribution in [0.5, 0.6) is 0 Å². The van der Waals surface area contributed by atoms with Crippen LogP contribution < -0.4 is 5.32 Å². The molecule has 0 radical (unpaired) electrons. The molecule has 17 heavy (non-hydrogen) atoms. The molecular weight excluding hydrogens is 220 g/mol. The molecule has 1 aromatic heterocycles. The van der Waals surface area contributed by atoms with Gasteiger partial charge in [-0.1, -0.05) is 12.8 Å². The smallest absolute Gasteiger partial charge is 0.324 e. The lowest BCUT2D eigenvalue weighted by Crippen LogP contribution is -2.43. The lowest BCUT2D eigenvalue weighted by atomic mass is 10.2. The first-order valence-electron chi connectivity index (χ1n) is 5.91. The highest BCUT2D eigenvalue weighted by Crippen LogP contribution is 2.09. The number of nitrogens with zero attached hydrogens (tertiary/aromatic N) is 1. The van der Waals surface area contributed by atoms with Crippen molar-refractivity contribution < 1.29 is 14.0 Å². The molecule has 1 aliphatic rings.